The highest BCUT2D eigenvalue weighted by molar-refractivity contribution is 6.96. The minimum atomic E-state index is -2.54. The Hall–Kier alpha value is -1.45. The van der Waals surface area contributed by atoms with Crippen molar-refractivity contribution in [1.82, 2.24) is 9.97 Å². The van der Waals surface area contributed by atoms with Crippen LogP contribution in [-0.4, -0.2) is 26.6 Å². The Kier molecular flexibility index (Phi) is 4.36. The maximum atomic E-state index is 13.9. The minimum Gasteiger partial charge on any atom is -0.449 e. The first-order valence-electron chi connectivity index (χ1n) is 6.66. The van der Waals surface area contributed by atoms with Gasteiger partial charge in [-0.05, 0) is 38.3 Å². The van der Waals surface area contributed by atoms with Crippen LogP contribution in [0.1, 0.15) is 0 Å². The standard InChI is InChI=1S/C14H18F2N2OSi2/c1-20(2,11-7-5-9-17-13(11)15)19-21(3,4)12-8-6-10-18-14(12)16/h5-10H,1-4H3. The predicted molar refractivity (Wildman–Crippen MR) is 83.7 cm³/mol. The van der Waals surface area contributed by atoms with Crippen molar-refractivity contribution in [2.75, 3.05) is 0 Å². The van der Waals surface area contributed by atoms with Crippen LogP contribution in [0, 0.1) is 11.9 Å². The fourth-order valence-electron chi connectivity index (χ4n) is 2.42. The van der Waals surface area contributed by atoms with E-state index in [0.29, 0.717) is 10.4 Å². The van der Waals surface area contributed by atoms with Crippen LogP contribution in [0.15, 0.2) is 36.7 Å². The minimum absolute atomic E-state index is 0.495. The van der Waals surface area contributed by atoms with Crippen molar-refractivity contribution < 1.29 is 12.9 Å². The summed E-state index contributed by atoms with van der Waals surface area (Å²) in [4.78, 5) is 7.37. The quantitative estimate of drug-likeness (QED) is 0.639. The van der Waals surface area contributed by atoms with Gasteiger partial charge in [-0.2, -0.15) is 8.78 Å². The van der Waals surface area contributed by atoms with Crippen LogP contribution in [-0.2, 0) is 4.12 Å². The number of rotatable bonds is 4. The van der Waals surface area contributed by atoms with Gasteiger partial charge in [-0.15, -0.1) is 0 Å². The van der Waals surface area contributed by atoms with E-state index in [1.165, 1.54) is 12.4 Å². The Balaban J connectivity index is 2.36. The average Bonchev–Trinajstić information content (AvgIpc) is 2.38. The zero-order valence-electron chi connectivity index (χ0n) is 12.5. The second kappa shape index (κ2) is 5.74. The van der Waals surface area contributed by atoms with Crippen molar-refractivity contribution in [2.24, 2.45) is 0 Å². The molecule has 0 radical (unpaired) electrons. The van der Waals surface area contributed by atoms with E-state index >= 15 is 0 Å². The van der Waals surface area contributed by atoms with Gasteiger partial charge in [-0.25, -0.2) is 9.97 Å². The summed E-state index contributed by atoms with van der Waals surface area (Å²) < 4.78 is 34.1. The van der Waals surface area contributed by atoms with E-state index < -0.39 is 28.5 Å². The van der Waals surface area contributed by atoms with Crippen LogP contribution < -0.4 is 10.4 Å². The molecule has 0 spiro atoms. The van der Waals surface area contributed by atoms with Crippen molar-refractivity contribution in [3.05, 3.63) is 48.6 Å². The number of hydrogen-bond acceptors (Lipinski definition) is 3. The Bertz CT molecular complexity index is 595. The molecule has 2 heterocycles. The molecule has 0 fully saturated rings. The van der Waals surface area contributed by atoms with Crippen LogP contribution in [0.2, 0.25) is 26.2 Å². The average molecular weight is 324 g/mol. The normalized spacial score (nSPS) is 12.5. The molecule has 2 aromatic heterocycles. The molecule has 0 saturated heterocycles. The number of aromatic nitrogens is 2. The summed E-state index contributed by atoms with van der Waals surface area (Å²) in [5.41, 5.74) is 0. The largest absolute Gasteiger partial charge is 0.449 e. The molecular formula is C14H18F2N2OSi2. The van der Waals surface area contributed by atoms with Crippen molar-refractivity contribution in [2.45, 2.75) is 26.2 Å². The molecule has 0 N–H and O–H groups in total. The van der Waals surface area contributed by atoms with Crippen LogP contribution in [0.25, 0.3) is 0 Å². The van der Waals surface area contributed by atoms with Crippen LogP contribution in [0.4, 0.5) is 8.78 Å². The monoisotopic (exact) mass is 324 g/mol. The van der Waals surface area contributed by atoms with Gasteiger partial charge in [0.2, 0.25) is 28.5 Å². The summed E-state index contributed by atoms with van der Waals surface area (Å²) in [6.45, 7) is 7.60. The lowest BCUT2D eigenvalue weighted by Gasteiger charge is -2.34. The number of hydrogen-bond donors (Lipinski definition) is 0. The lowest BCUT2D eigenvalue weighted by Crippen LogP contribution is -2.59. The molecule has 2 rings (SSSR count). The summed E-state index contributed by atoms with van der Waals surface area (Å²) in [5.74, 6) is -1.02. The molecule has 112 valence electrons. The van der Waals surface area contributed by atoms with E-state index in [-0.39, 0.29) is 0 Å². The maximum Gasteiger partial charge on any atom is 0.214 e. The zero-order chi connectivity index (χ0) is 15.7. The lowest BCUT2D eigenvalue weighted by molar-refractivity contribution is 0.547. The van der Waals surface area contributed by atoms with Gasteiger partial charge in [-0.3, -0.25) is 0 Å². The van der Waals surface area contributed by atoms with Gasteiger partial charge in [0.25, 0.3) is 0 Å². The Morgan fingerprint density at radius 3 is 1.52 bits per heavy atom. The van der Waals surface area contributed by atoms with Gasteiger partial charge in [0, 0.05) is 22.8 Å². The number of nitrogens with zero attached hydrogens (tertiary/aromatic N) is 2. The Morgan fingerprint density at radius 2 is 1.19 bits per heavy atom. The van der Waals surface area contributed by atoms with Crippen molar-refractivity contribution in [1.29, 1.82) is 0 Å². The van der Waals surface area contributed by atoms with E-state index in [0.717, 1.165) is 0 Å². The lowest BCUT2D eigenvalue weighted by atomic mass is 10.5. The smallest absolute Gasteiger partial charge is 0.214 e. The topological polar surface area (TPSA) is 35.0 Å². The van der Waals surface area contributed by atoms with Gasteiger partial charge in [0.05, 0.1) is 0 Å². The first-order valence-corrected chi connectivity index (χ1v) is 12.5. The van der Waals surface area contributed by atoms with Gasteiger partial charge < -0.3 is 4.12 Å². The van der Waals surface area contributed by atoms with E-state index in [9.17, 15) is 8.78 Å². The molecule has 7 heteroatoms. The van der Waals surface area contributed by atoms with Crippen LogP contribution >= 0.6 is 0 Å². The fraction of sp³-hybridized carbons (Fsp3) is 0.286. The molecule has 3 nitrogen and oxygen atoms in total. The molecule has 0 aliphatic carbocycles. The number of halogens is 2. The second-order valence-corrected chi connectivity index (χ2v) is 13.7. The first-order chi connectivity index (χ1) is 9.74. The zero-order valence-corrected chi connectivity index (χ0v) is 14.5. The second-order valence-electron chi connectivity index (χ2n) is 5.81. The number of pyridine rings is 2. The molecule has 0 bridgehead atoms. The van der Waals surface area contributed by atoms with Crippen molar-refractivity contribution in [3.8, 4) is 0 Å². The van der Waals surface area contributed by atoms with Crippen molar-refractivity contribution in [3.63, 3.8) is 0 Å². The molecule has 0 amide bonds. The van der Waals surface area contributed by atoms with Crippen LogP contribution in [0.3, 0.4) is 0 Å². The fourth-order valence-corrected chi connectivity index (χ4v) is 10.5. The SMILES string of the molecule is C[Si](C)(O[Si](C)(C)c1cccnc1F)c1cccnc1F. The highest BCUT2D eigenvalue weighted by Crippen LogP contribution is 2.16. The van der Waals surface area contributed by atoms with Gasteiger partial charge in [0.1, 0.15) is 0 Å². The molecule has 0 unspecified atom stereocenters. The predicted octanol–water partition coefficient (Wildman–Crippen LogP) is 2.30. The third kappa shape index (κ3) is 3.42. The van der Waals surface area contributed by atoms with Gasteiger partial charge in [-0.1, -0.05) is 12.1 Å². The van der Waals surface area contributed by atoms with Crippen LogP contribution in [0.5, 0.6) is 0 Å². The molecule has 0 aliphatic rings. The summed E-state index contributed by atoms with van der Waals surface area (Å²) in [6, 6.07) is 6.77. The van der Waals surface area contributed by atoms with Gasteiger partial charge in [0.15, 0.2) is 0 Å². The van der Waals surface area contributed by atoms with Crippen molar-refractivity contribution >= 4 is 27.0 Å². The molecule has 2 aromatic rings. The highest BCUT2D eigenvalue weighted by atomic mass is 28.4. The third-order valence-corrected chi connectivity index (χ3v) is 10.7. The molecule has 0 aliphatic heterocycles. The summed E-state index contributed by atoms with van der Waals surface area (Å²) in [7, 11) is -5.07. The van der Waals surface area contributed by atoms with E-state index in [4.69, 9.17) is 4.12 Å². The summed E-state index contributed by atoms with van der Waals surface area (Å²) in [6.07, 6.45) is 2.82. The Morgan fingerprint density at radius 1 is 0.810 bits per heavy atom. The van der Waals surface area contributed by atoms with Gasteiger partial charge >= 0.3 is 0 Å². The first kappa shape index (κ1) is 15.9. The molecule has 0 atom stereocenters. The molecule has 0 saturated carbocycles. The molecular weight excluding hydrogens is 306 g/mol. The van der Waals surface area contributed by atoms with E-state index in [2.05, 4.69) is 9.97 Å². The Labute approximate surface area is 125 Å². The maximum absolute atomic E-state index is 13.9. The summed E-state index contributed by atoms with van der Waals surface area (Å²) in [5, 5.41) is 0.991. The summed E-state index contributed by atoms with van der Waals surface area (Å²) >= 11 is 0. The molecule has 0 aromatic carbocycles. The highest BCUT2D eigenvalue weighted by Gasteiger charge is 2.39. The molecule has 21 heavy (non-hydrogen) atoms. The van der Waals surface area contributed by atoms with E-state index in [1.54, 1.807) is 24.3 Å². The third-order valence-electron chi connectivity index (χ3n) is 3.33. The van der Waals surface area contributed by atoms with E-state index in [1.807, 2.05) is 26.2 Å².